The summed E-state index contributed by atoms with van der Waals surface area (Å²) in [7, 11) is -2.24. The highest BCUT2D eigenvalue weighted by atomic mass is 32.2. The summed E-state index contributed by atoms with van der Waals surface area (Å²) >= 11 is 0. The molecule has 0 aliphatic rings. The van der Waals surface area contributed by atoms with Gasteiger partial charge < -0.3 is 4.42 Å². The predicted molar refractivity (Wildman–Crippen MR) is 92.8 cm³/mol. The van der Waals surface area contributed by atoms with E-state index in [1.54, 1.807) is 12.1 Å². The van der Waals surface area contributed by atoms with E-state index in [0.29, 0.717) is 16.8 Å². The van der Waals surface area contributed by atoms with Crippen LogP contribution in [0.1, 0.15) is 25.3 Å². The predicted octanol–water partition coefficient (Wildman–Crippen LogP) is 3.06. The number of fused-ring (bicyclic) bond motifs is 1. The summed E-state index contributed by atoms with van der Waals surface area (Å²) < 4.78 is 34.3. The number of para-hydroxylation sites is 1. The van der Waals surface area contributed by atoms with Gasteiger partial charge in [-0.05, 0) is 35.7 Å². The van der Waals surface area contributed by atoms with Crippen LogP contribution in [0, 0.1) is 0 Å². The second kappa shape index (κ2) is 5.83. The summed E-state index contributed by atoms with van der Waals surface area (Å²) in [5, 5.41) is 0. The molecule has 0 atom stereocenters. The number of sulfonamides is 1. The molecule has 0 saturated carbocycles. The number of benzene rings is 2. The molecule has 3 rings (SSSR count). The van der Waals surface area contributed by atoms with Crippen molar-refractivity contribution in [3.63, 3.8) is 0 Å². The van der Waals surface area contributed by atoms with E-state index < -0.39 is 15.8 Å². The molecule has 3 aromatic rings. The zero-order valence-electron chi connectivity index (χ0n) is 13.6. The summed E-state index contributed by atoms with van der Waals surface area (Å²) in [6.45, 7) is 4.00. The highest BCUT2D eigenvalue weighted by Gasteiger charge is 2.19. The molecule has 0 bridgehead atoms. The van der Waals surface area contributed by atoms with Gasteiger partial charge in [0.25, 0.3) is 10.0 Å². The number of oxazole rings is 1. The fraction of sp³-hybridized carbons (Fsp3) is 0.235. The fourth-order valence-electron chi connectivity index (χ4n) is 2.57. The normalized spacial score (nSPS) is 12.0. The molecule has 0 saturated heterocycles. The first-order valence-electron chi connectivity index (χ1n) is 7.51. The Kier molecular flexibility index (Phi) is 3.96. The number of hydrogen-bond donors (Lipinski definition) is 1. The lowest BCUT2D eigenvalue weighted by molar-refractivity contribution is 0.528. The SMILES string of the molecule is CC(C)c1ccccc1NS(=O)(=O)c1ccc2oc(=O)n(C)c2c1. The van der Waals surface area contributed by atoms with E-state index in [9.17, 15) is 13.2 Å². The number of nitrogens with one attached hydrogen (secondary N) is 1. The van der Waals surface area contributed by atoms with Crippen molar-refractivity contribution >= 4 is 26.8 Å². The minimum absolute atomic E-state index is 0.0740. The number of anilines is 1. The summed E-state index contributed by atoms with van der Waals surface area (Å²) in [5.74, 6) is -0.348. The maximum absolute atomic E-state index is 12.7. The summed E-state index contributed by atoms with van der Waals surface area (Å²) in [6.07, 6.45) is 0. The molecule has 1 N–H and O–H groups in total. The second-order valence-electron chi connectivity index (χ2n) is 5.90. The molecule has 1 aromatic heterocycles. The number of hydrogen-bond acceptors (Lipinski definition) is 4. The molecule has 126 valence electrons. The van der Waals surface area contributed by atoms with Crippen molar-refractivity contribution in [2.24, 2.45) is 7.05 Å². The molecule has 0 aliphatic heterocycles. The Morgan fingerprint density at radius 3 is 2.54 bits per heavy atom. The Hall–Kier alpha value is -2.54. The quantitative estimate of drug-likeness (QED) is 0.787. The molecule has 6 nitrogen and oxygen atoms in total. The van der Waals surface area contributed by atoms with Gasteiger partial charge in [-0.2, -0.15) is 0 Å². The summed E-state index contributed by atoms with van der Waals surface area (Å²) in [6, 6.07) is 11.6. The van der Waals surface area contributed by atoms with E-state index >= 15 is 0 Å². The van der Waals surface area contributed by atoms with Crippen molar-refractivity contribution in [1.29, 1.82) is 0 Å². The van der Waals surface area contributed by atoms with E-state index in [-0.39, 0.29) is 10.8 Å². The number of aryl methyl sites for hydroxylation is 1. The lowest BCUT2D eigenvalue weighted by Crippen LogP contribution is -2.15. The van der Waals surface area contributed by atoms with Crippen molar-refractivity contribution in [1.82, 2.24) is 4.57 Å². The van der Waals surface area contributed by atoms with Gasteiger partial charge in [-0.1, -0.05) is 32.0 Å². The molecule has 7 heteroatoms. The number of nitrogens with zero attached hydrogens (tertiary/aromatic N) is 1. The third-order valence-electron chi connectivity index (χ3n) is 3.90. The number of rotatable bonds is 4. The minimum Gasteiger partial charge on any atom is -0.408 e. The smallest absolute Gasteiger partial charge is 0.408 e. The van der Waals surface area contributed by atoms with Gasteiger partial charge in [0.2, 0.25) is 0 Å². The molecule has 1 heterocycles. The van der Waals surface area contributed by atoms with E-state index in [2.05, 4.69) is 4.72 Å². The first-order chi connectivity index (χ1) is 11.3. The zero-order valence-corrected chi connectivity index (χ0v) is 14.4. The van der Waals surface area contributed by atoms with Gasteiger partial charge in [-0.25, -0.2) is 13.2 Å². The van der Waals surface area contributed by atoms with Gasteiger partial charge >= 0.3 is 5.76 Å². The molecule has 0 radical (unpaired) electrons. The lowest BCUT2D eigenvalue weighted by atomic mass is 10.0. The molecule has 0 unspecified atom stereocenters. The Labute approximate surface area is 139 Å². The first kappa shape index (κ1) is 16.3. The van der Waals surface area contributed by atoms with Crippen molar-refractivity contribution in [3.05, 3.63) is 58.6 Å². The molecule has 0 aliphatic carbocycles. The van der Waals surface area contributed by atoms with Crippen molar-refractivity contribution in [3.8, 4) is 0 Å². The average molecular weight is 346 g/mol. The maximum atomic E-state index is 12.7. The third kappa shape index (κ3) is 2.82. The molecular formula is C17H18N2O4S. The molecule has 24 heavy (non-hydrogen) atoms. The van der Waals surface area contributed by atoms with Gasteiger partial charge in [0, 0.05) is 7.05 Å². The Balaban J connectivity index is 2.05. The van der Waals surface area contributed by atoms with Crippen LogP contribution in [0.3, 0.4) is 0 Å². The molecule has 0 amide bonds. The Morgan fingerprint density at radius 1 is 1.12 bits per heavy atom. The zero-order chi connectivity index (χ0) is 17.5. The Morgan fingerprint density at radius 2 is 1.83 bits per heavy atom. The Bertz CT molecular complexity index is 1060. The fourth-order valence-corrected chi connectivity index (χ4v) is 3.68. The second-order valence-corrected chi connectivity index (χ2v) is 7.59. The van der Waals surface area contributed by atoms with E-state index in [1.165, 1.54) is 29.8 Å². The van der Waals surface area contributed by atoms with Crippen LogP contribution >= 0.6 is 0 Å². The van der Waals surface area contributed by atoms with Gasteiger partial charge in [-0.15, -0.1) is 0 Å². The van der Waals surface area contributed by atoms with Crippen LogP contribution in [0.4, 0.5) is 5.69 Å². The highest BCUT2D eigenvalue weighted by molar-refractivity contribution is 7.92. The van der Waals surface area contributed by atoms with Gasteiger partial charge in [0.05, 0.1) is 16.1 Å². The summed E-state index contributed by atoms with van der Waals surface area (Å²) in [4.78, 5) is 11.6. The van der Waals surface area contributed by atoms with E-state index in [0.717, 1.165) is 5.56 Å². The van der Waals surface area contributed by atoms with Crippen LogP contribution in [-0.2, 0) is 17.1 Å². The van der Waals surface area contributed by atoms with Crippen LogP contribution in [0.5, 0.6) is 0 Å². The van der Waals surface area contributed by atoms with Gasteiger partial charge in [0.15, 0.2) is 5.58 Å². The molecular weight excluding hydrogens is 328 g/mol. The maximum Gasteiger partial charge on any atom is 0.419 e. The topological polar surface area (TPSA) is 81.3 Å². The average Bonchev–Trinajstić information content (AvgIpc) is 2.81. The van der Waals surface area contributed by atoms with Crippen molar-refractivity contribution in [2.45, 2.75) is 24.7 Å². The van der Waals surface area contributed by atoms with Crippen LogP contribution in [0.2, 0.25) is 0 Å². The minimum atomic E-state index is -3.78. The largest absolute Gasteiger partial charge is 0.419 e. The van der Waals surface area contributed by atoms with Crippen LogP contribution in [-0.4, -0.2) is 13.0 Å². The van der Waals surface area contributed by atoms with Gasteiger partial charge in [-0.3, -0.25) is 9.29 Å². The number of aromatic nitrogens is 1. The molecule has 2 aromatic carbocycles. The lowest BCUT2D eigenvalue weighted by Gasteiger charge is -2.14. The molecule has 0 spiro atoms. The van der Waals surface area contributed by atoms with Crippen molar-refractivity contribution < 1.29 is 12.8 Å². The molecule has 0 fully saturated rings. The third-order valence-corrected chi connectivity index (χ3v) is 5.26. The van der Waals surface area contributed by atoms with E-state index in [1.807, 2.05) is 26.0 Å². The van der Waals surface area contributed by atoms with Crippen molar-refractivity contribution in [2.75, 3.05) is 4.72 Å². The van der Waals surface area contributed by atoms with Crippen LogP contribution in [0.25, 0.3) is 11.1 Å². The summed E-state index contributed by atoms with van der Waals surface area (Å²) in [5.41, 5.74) is 2.25. The standard InChI is InChI=1S/C17H18N2O4S/c1-11(2)13-6-4-5-7-14(13)18-24(21,22)12-8-9-16-15(10-12)19(3)17(20)23-16/h4-11,18H,1-3H3. The van der Waals surface area contributed by atoms with Crippen LogP contribution in [0.15, 0.2) is 56.6 Å². The monoisotopic (exact) mass is 346 g/mol. The highest BCUT2D eigenvalue weighted by Crippen LogP contribution is 2.27. The van der Waals surface area contributed by atoms with Crippen LogP contribution < -0.4 is 10.5 Å². The van der Waals surface area contributed by atoms with E-state index in [4.69, 9.17) is 4.42 Å². The first-order valence-corrected chi connectivity index (χ1v) is 8.99. The van der Waals surface area contributed by atoms with Gasteiger partial charge in [0.1, 0.15) is 0 Å².